The van der Waals surface area contributed by atoms with Crippen LogP contribution >= 0.6 is 0 Å². The molecule has 1 rings (SSSR count). The van der Waals surface area contributed by atoms with Gasteiger partial charge in [-0.1, -0.05) is 77.0 Å². The molecule has 1 aromatic rings. The quantitative estimate of drug-likeness (QED) is 0.0520. The average molecular weight is 1760 g/mol. The van der Waals surface area contributed by atoms with Gasteiger partial charge in [-0.2, -0.15) is 224 Å². The van der Waals surface area contributed by atoms with Gasteiger partial charge in [-0.05, 0) is 50.7 Å². The van der Waals surface area contributed by atoms with Crippen LogP contribution in [0.2, 0.25) is 0 Å². The molecule has 0 atom stereocenters. The first-order chi connectivity index (χ1) is 48.8. The Hall–Kier alpha value is -5.48. The van der Waals surface area contributed by atoms with Crippen LogP contribution < -0.4 is 14.2 Å². The summed E-state index contributed by atoms with van der Waals surface area (Å²) in [6, 6.07) is 1.27. The minimum Gasteiger partial charge on any atom is -0.490 e. The maximum Gasteiger partial charge on any atom is 0.460 e. The van der Waals surface area contributed by atoms with Crippen molar-refractivity contribution in [3.05, 3.63) is 17.7 Å². The molecule has 0 saturated carbocycles. The van der Waals surface area contributed by atoms with E-state index in [4.69, 9.17) is 14.2 Å². The van der Waals surface area contributed by atoms with Crippen molar-refractivity contribution in [2.24, 2.45) is 0 Å². The Morgan fingerprint density at radius 1 is 0.216 bits per heavy atom. The lowest BCUT2D eigenvalue weighted by molar-refractivity contribution is -0.461. The number of aromatic carboxylic acids is 1. The summed E-state index contributed by atoms with van der Waals surface area (Å²) in [5.74, 6) is -178. The number of benzene rings is 1. The lowest BCUT2D eigenvalue weighted by atomic mass is 9.87. The van der Waals surface area contributed by atoms with E-state index in [9.17, 15) is 234 Å². The highest BCUT2D eigenvalue weighted by Crippen LogP contribution is 2.69. The lowest BCUT2D eigenvalue weighted by Gasteiger charge is -2.42. The second-order valence-electron chi connectivity index (χ2n) is 24.2. The Morgan fingerprint density at radius 2 is 0.369 bits per heavy atom. The van der Waals surface area contributed by atoms with Gasteiger partial charge in [0.1, 0.15) is 0 Å². The molecule has 0 heterocycles. The fourth-order valence-corrected chi connectivity index (χ4v) is 9.12. The maximum atomic E-state index is 14.4. The first-order valence-corrected chi connectivity index (χ1v) is 30.3. The molecular formula is C55H51F51O5. The Kier molecular flexibility index (Phi) is 31.4. The highest BCUT2D eigenvalue weighted by molar-refractivity contribution is 5.89. The van der Waals surface area contributed by atoms with Crippen LogP contribution in [0.25, 0.3) is 0 Å². The van der Waals surface area contributed by atoms with Crippen LogP contribution in [0, 0.1) is 0 Å². The van der Waals surface area contributed by atoms with E-state index in [1.165, 1.54) is 0 Å². The van der Waals surface area contributed by atoms with E-state index in [1.54, 1.807) is 0 Å². The van der Waals surface area contributed by atoms with E-state index in [0.717, 1.165) is 0 Å². The number of unbranched alkanes of at least 4 members (excludes halogenated alkanes) is 15. The average Bonchev–Trinajstić information content (AvgIpc) is 0.706. The third-order valence-electron chi connectivity index (χ3n) is 16.0. The van der Waals surface area contributed by atoms with E-state index >= 15 is 0 Å². The molecule has 1 N–H and O–H groups in total. The number of halogens is 51. The van der Waals surface area contributed by atoms with Crippen LogP contribution in [0.15, 0.2) is 12.1 Å². The number of rotatable bonds is 49. The van der Waals surface area contributed by atoms with Crippen LogP contribution in [-0.2, 0) is 0 Å². The number of ether oxygens (including phenoxy) is 3. The topological polar surface area (TPSA) is 65.0 Å². The van der Waals surface area contributed by atoms with Gasteiger partial charge in [-0.25, -0.2) is 4.79 Å². The van der Waals surface area contributed by atoms with E-state index in [2.05, 4.69) is 0 Å². The summed E-state index contributed by atoms with van der Waals surface area (Å²) < 4.78 is 712. The first kappa shape index (κ1) is 104. The van der Waals surface area contributed by atoms with E-state index in [1.807, 2.05) is 0 Å². The van der Waals surface area contributed by atoms with Crippen LogP contribution in [0.1, 0.15) is 145 Å². The third-order valence-corrected chi connectivity index (χ3v) is 16.0. The molecule has 0 aromatic heterocycles. The van der Waals surface area contributed by atoms with Crippen molar-refractivity contribution in [3.63, 3.8) is 0 Å². The zero-order chi connectivity index (χ0) is 88.4. The van der Waals surface area contributed by atoms with Gasteiger partial charge >= 0.3 is 149 Å². The maximum absolute atomic E-state index is 14.4. The van der Waals surface area contributed by atoms with Crippen molar-refractivity contribution in [1.29, 1.82) is 0 Å². The van der Waals surface area contributed by atoms with Crippen LogP contribution in [0.5, 0.6) is 17.2 Å². The van der Waals surface area contributed by atoms with Gasteiger partial charge in [0.05, 0.1) is 25.4 Å². The molecule has 0 spiro atoms. The van der Waals surface area contributed by atoms with Crippen molar-refractivity contribution < 1.29 is 248 Å². The van der Waals surface area contributed by atoms with Crippen molar-refractivity contribution >= 4 is 5.97 Å². The Labute approximate surface area is 586 Å². The molecule has 5 nitrogen and oxygen atoms in total. The minimum atomic E-state index is -8.89. The van der Waals surface area contributed by atoms with Crippen LogP contribution in [-0.4, -0.2) is 174 Å². The van der Waals surface area contributed by atoms with Crippen LogP contribution in [0.3, 0.4) is 0 Å². The molecule has 0 aliphatic heterocycles. The predicted molar refractivity (Wildman–Crippen MR) is 269 cm³/mol. The number of carboxylic acid groups (broad SMARTS) is 1. The Bertz CT molecular complexity index is 3010. The van der Waals surface area contributed by atoms with E-state index < -0.39 is 269 Å². The number of hydrogen-bond donors (Lipinski definition) is 1. The molecule has 0 aliphatic rings. The Balaban J connectivity index is 3.35. The first-order valence-electron chi connectivity index (χ1n) is 30.3. The summed E-state index contributed by atoms with van der Waals surface area (Å²) >= 11 is 0. The van der Waals surface area contributed by atoms with Crippen molar-refractivity contribution in [1.82, 2.24) is 0 Å². The van der Waals surface area contributed by atoms with E-state index in [-0.39, 0.29) is 57.8 Å². The summed E-state index contributed by atoms with van der Waals surface area (Å²) in [4.78, 5) is 12.1. The SMILES string of the molecule is O=C(O)c1cc(OCCCCCCCCC(F)(F)C(F)(F)C(F)(F)C(F)(F)C(F)(F)C(F)(F)C(F)(F)C(F)(F)F)c(OCCCCCCCCC(F)(F)C(F)(F)C(F)(F)C(F)(F)C(F)(F)C(F)(F)C(F)(F)C(F)(F)F)c(OCCCCCCCCC(F)(F)C(F)(F)C(F)(F)C(F)(F)C(F)(F)C(F)(F)C(F)(F)C(F)(F)F)c1. The van der Waals surface area contributed by atoms with Gasteiger partial charge in [0.15, 0.2) is 11.5 Å². The summed E-state index contributed by atoms with van der Waals surface area (Å²) in [5.41, 5.74) is -0.824. The van der Waals surface area contributed by atoms with Crippen molar-refractivity contribution in [2.45, 2.75) is 278 Å². The van der Waals surface area contributed by atoms with Gasteiger partial charge in [0, 0.05) is 19.3 Å². The van der Waals surface area contributed by atoms with Crippen molar-refractivity contribution in [3.8, 4) is 17.2 Å². The zero-order valence-corrected chi connectivity index (χ0v) is 54.0. The largest absolute Gasteiger partial charge is 0.490 e. The molecule has 658 valence electrons. The second-order valence-corrected chi connectivity index (χ2v) is 24.2. The number of carbonyl (C=O) groups is 1. The van der Waals surface area contributed by atoms with E-state index in [0.29, 0.717) is 12.1 Å². The molecule has 1 aromatic carbocycles. The molecular weight excluding hydrogens is 1710 g/mol. The smallest absolute Gasteiger partial charge is 0.460 e. The monoisotopic (exact) mass is 1760 g/mol. The van der Waals surface area contributed by atoms with Gasteiger partial charge < -0.3 is 19.3 Å². The van der Waals surface area contributed by atoms with Crippen LogP contribution in [0.4, 0.5) is 224 Å². The Morgan fingerprint density at radius 3 is 0.550 bits per heavy atom. The standard InChI is InChI=1S/C55H51F51O5/c56-32(57,35(62,63)38(68,69)41(74,75)44(80,81)47(86,87)50(92,93)53(98,99)100)19-13-7-1-4-10-16-22-109-28-25-27(31(107)108)26-29(110-23-17-11-5-2-8-14-20-33(58,59)36(64,65)39(70,71)42(76,77)45(82,83)48(88,89)51(94,95)54(101,102)103)30(28)111-24-18-12-6-3-9-15-21-34(60,61)37(66,67)40(72,73)43(78,79)46(84,85)49(90,91)52(96,97)55(104,105)106/h25-26H,1-24H2,(H,107,108). The summed E-state index contributed by atoms with van der Waals surface area (Å²) in [6.07, 6.45) is -43.9. The summed E-state index contributed by atoms with van der Waals surface area (Å²) in [6.45, 7) is -2.05. The molecule has 0 aliphatic carbocycles. The van der Waals surface area contributed by atoms with Crippen molar-refractivity contribution in [2.75, 3.05) is 19.8 Å². The zero-order valence-electron chi connectivity index (χ0n) is 54.0. The molecule has 111 heavy (non-hydrogen) atoms. The molecule has 0 radical (unpaired) electrons. The third kappa shape index (κ3) is 18.7. The molecule has 0 unspecified atom stereocenters. The number of carboxylic acids is 1. The minimum absolute atomic E-state index is 0.264. The molecule has 0 saturated heterocycles. The molecule has 0 bridgehead atoms. The highest BCUT2D eigenvalue weighted by atomic mass is 19.5. The normalized spacial score (nSPS) is 15.6. The fraction of sp³-hybridized carbons (Fsp3) is 0.873. The van der Waals surface area contributed by atoms with Gasteiger partial charge in [0.2, 0.25) is 5.75 Å². The fourth-order valence-electron chi connectivity index (χ4n) is 9.12. The molecule has 0 fully saturated rings. The lowest BCUT2D eigenvalue weighted by Crippen LogP contribution is -2.74. The predicted octanol–water partition coefficient (Wildman–Crippen LogP) is 25.7. The van der Waals surface area contributed by atoms with Gasteiger partial charge in [0.25, 0.3) is 0 Å². The summed E-state index contributed by atoms with van der Waals surface area (Å²) in [5, 5.41) is 9.75. The number of alkyl halides is 51. The molecule has 0 amide bonds. The van der Waals surface area contributed by atoms with Gasteiger partial charge in [-0.15, -0.1) is 0 Å². The molecule has 56 heteroatoms. The number of hydrogen-bond acceptors (Lipinski definition) is 4. The van der Waals surface area contributed by atoms with Gasteiger partial charge in [-0.3, -0.25) is 0 Å². The highest BCUT2D eigenvalue weighted by Gasteiger charge is 2.98. The second kappa shape index (κ2) is 33.6. The summed E-state index contributed by atoms with van der Waals surface area (Å²) in [7, 11) is 0.